The number of Topliss-reactive ketones (excluding diaryl/α,β-unsaturated/α-hetero) is 1. The number of nitro groups is 1. The average Bonchev–Trinajstić information content (AvgIpc) is 2.92. The van der Waals surface area contributed by atoms with Gasteiger partial charge in [-0.2, -0.15) is 0 Å². The molecule has 0 aliphatic rings. The predicted octanol–water partition coefficient (Wildman–Crippen LogP) is 5.29. The second-order valence-electron chi connectivity index (χ2n) is 8.79. The van der Waals surface area contributed by atoms with Gasteiger partial charge in [0.1, 0.15) is 6.42 Å². The number of benzene rings is 3. The minimum atomic E-state index is -4.64. The van der Waals surface area contributed by atoms with Crippen molar-refractivity contribution in [2.45, 2.75) is 26.0 Å². The molecule has 226 valence electrons. The van der Waals surface area contributed by atoms with Gasteiger partial charge in [-0.1, -0.05) is 6.07 Å². The van der Waals surface area contributed by atoms with E-state index in [4.69, 9.17) is 9.47 Å². The highest BCUT2D eigenvalue weighted by Crippen LogP contribution is 2.31. The molecular weight excluding hydrogens is 609 g/mol. The summed E-state index contributed by atoms with van der Waals surface area (Å²) >= 11 is 0. The summed E-state index contributed by atoms with van der Waals surface area (Å²) in [6, 6.07) is 6.69. The fraction of sp³-hybridized carbons (Fsp3) is 0.148. The smallest absolute Gasteiger partial charge is 0.319 e. The van der Waals surface area contributed by atoms with Gasteiger partial charge in [-0.25, -0.2) is 30.4 Å². The number of esters is 2. The summed E-state index contributed by atoms with van der Waals surface area (Å²) in [6.07, 6.45) is -0.0196. The van der Waals surface area contributed by atoms with Crippen LogP contribution in [0.25, 0.3) is 6.08 Å². The highest BCUT2D eigenvalue weighted by Gasteiger charge is 2.28. The quantitative estimate of drug-likeness (QED) is 0.0337. The lowest BCUT2D eigenvalue weighted by Crippen LogP contribution is -2.15. The van der Waals surface area contributed by atoms with E-state index in [1.165, 1.54) is 19.1 Å². The topological polar surface area (TPSA) is 147 Å². The monoisotopic (exact) mass is 627 g/mol. The zero-order valence-electron chi connectivity index (χ0n) is 22.0. The van der Waals surface area contributed by atoms with E-state index in [1.54, 1.807) is 0 Å². The van der Waals surface area contributed by atoms with E-state index >= 15 is 0 Å². The van der Waals surface area contributed by atoms with Gasteiger partial charge in [-0.15, -0.1) is 0 Å². The lowest BCUT2D eigenvalue weighted by Gasteiger charge is -2.11. The van der Waals surface area contributed by atoms with Crippen LogP contribution >= 0.6 is 0 Å². The first-order valence-corrected chi connectivity index (χ1v) is 13.4. The Morgan fingerprint density at radius 3 is 2.05 bits per heavy atom. The molecule has 0 aliphatic heterocycles. The standard InChI is InChI=1S/C27H18F5NO9S/c1-13-9-16(4-5-18(13)33(37)38)19(35)11-22(36)42-21-10-15(3-6-20(21)41-14(2)34)7-8-43(39,40)12-17-23(28)25(30)27(32)26(31)24(17)29/h3-10H,11-12H2,1-2H3/b8-7+. The van der Waals surface area contributed by atoms with Crippen molar-refractivity contribution in [3.8, 4) is 11.5 Å². The molecule has 3 aromatic rings. The van der Waals surface area contributed by atoms with Crippen LogP contribution in [0.1, 0.15) is 40.4 Å². The van der Waals surface area contributed by atoms with Crippen molar-refractivity contribution in [3.63, 3.8) is 0 Å². The van der Waals surface area contributed by atoms with E-state index < -0.39 is 85.1 Å². The number of carbonyl (C=O) groups excluding carboxylic acids is 3. The number of nitro benzene ring substituents is 1. The molecule has 0 amide bonds. The van der Waals surface area contributed by atoms with Crippen LogP contribution in [0.15, 0.2) is 41.8 Å². The Balaban J connectivity index is 1.84. The summed E-state index contributed by atoms with van der Waals surface area (Å²) in [6.45, 7) is 2.41. The number of aryl methyl sites for hydroxylation is 1. The first-order chi connectivity index (χ1) is 20.0. The van der Waals surface area contributed by atoms with Crippen molar-refractivity contribution < 1.29 is 59.2 Å². The Kier molecular flexibility index (Phi) is 9.75. The van der Waals surface area contributed by atoms with Crippen molar-refractivity contribution in [3.05, 3.63) is 103 Å². The number of halogens is 5. The molecule has 3 rings (SSSR count). The zero-order valence-corrected chi connectivity index (χ0v) is 22.8. The number of hydrogen-bond donors (Lipinski definition) is 0. The third-order valence-electron chi connectivity index (χ3n) is 5.58. The van der Waals surface area contributed by atoms with Crippen LogP contribution in [0.4, 0.5) is 27.6 Å². The number of hydrogen-bond acceptors (Lipinski definition) is 9. The number of sulfone groups is 1. The molecule has 0 saturated carbocycles. The molecule has 0 saturated heterocycles. The largest absolute Gasteiger partial charge is 0.423 e. The fourth-order valence-electron chi connectivity index (χ4n) is 3.58. The van der Waals surface area contributed by atoms with Crippen LogP contribution in [-0.4, -0.2) is 31.1 Å². The number of ether oxygens (including phenoxy) is 2. The highest BCUT2D eigenvalue weighted by atomic mass is 32.2. The van der Waals surface area contributed by atoms with E-state index in [2.05, 4.69) is 0 Å². The van der Waals surface area contributed by atoms with Crippen molar-refractivity contribution in [2.24, 2.45) is 0 Å². The van der Waals surface area contributed by atoms with Gasteiger partial charge >= 0.3 is 11.9 Å². The lowest BCUT2D eigenvalue weighted by molar-refractivity contribution is -0.385. The lowest BCUT2D eigenvalue weighted by atomic mass is 10.0. The number of nitrogens with zero attached hydrogens (tertiary/aromatic N) is 1. The Labute approximate surface area is 239 Å². The van der Waals surface area contributed by atoms with E-state index in [-0.39, 0.29) is 28.1 Å². The Bertz CT molecular complexity index is 1780. The third-order valence-corrected chi connectivity index (χ3v) is 6.82. The maximum atomic E-state index is 13.9. The van der Waals surface area contributed by atoms with Crippen LogP contribution in [0.3, 0.4) is 0 Å². The molecule has 0 atom stereocenters. The first-order valence-electron chi connectivity index (χ1n) is 11.7. The van der Waals surface area contributed by atoms with Gasteiger partial charge in [0.15, 0.2) is 50.4 Å². The minimum Gasteiger partial charge on any atom is -0.423 e. The summed E-state index contributed by atoms with van der Waals surface area (Å²) in [7, 11) is -4.64. The van der Waals surface area contributed by atoms with Gasteiger partial charge in [0.25, 0.3) is 5.69 Å². The summed E-state index contributed by atoms with van der Waals surface area (Å²) < 4.78 is 103. The van der Waals surface area contributed by atoms with Gasteiger partial charge < -0.3 is 9.47 Å². The molecule has 0 radical (unpaired) electrons. The van der Waals surface area contributed by atoms with Crippen molar-refractivity contribution >= 4 is 39.3 Å². The average molecular weight is 627 g/mol. The summed E-state index contributed by atoms with van der Waals surface area (Å²) in [5.74, 6) is -16.8. The van der Waals surface area contributed by atoms with Crippen molar-refractivity contribution in [2.75, 3.05) is 0 Å². The van der Waals surface area contributed by atoms with Gasteiger partial charge in [0.2, 0.25) is 5.82 Å². The molecule has 3 aromatic carbocycles. The molecular formula is C27H18F5NO9S. The predicted molar refractivity (Wildman–Crippen MR) is 138 cm³/mol. The van der Waals surface area contributed by atoms with Crippen LogP contribution in [0.5, 0.6) is 11.5 Å². The van der Waals surface area contributed by atoms with Gasteiger partial charge in [-0.3, -0.25) is 24.5 Å². The van der Waals surface area contributed by atoms with Crippen molar-refractivity contribution in [1.29, 1.82) is 0 Å². The van der Waals surface area contributed by atoms with E-state index in [9.17, 15) is 54.9 Å². The molecule has 43 heavy (non-hydrogen) atoms. The maximum Gasteiger partial charge on any atom is 0.319 e. The number of rotatable bonds is 10. The van der Waals surface area contributed by atoms with Crippen LogP contribution < -0.4 is 9.47 Å². The highest BCUT2D eigenvalue weighted by molar-refractivity contribution is 7.93. The molecule has 0 spiro atoms. The number of ketones is 1. The van der Waals surface area contributed by atoms with E-state index in [0.717, 1.165) is 37.3 Å². The molecule has 0 N–H and O–H groups in total. The van der Waals surface area contributed by atoms with E-state index in [1.807, 2.05) is 0 Å². The van der Waals surface area contributed by atoms with Gasteiger partial charge in [0.05, 0.1) is 10.7 Å². The van der Waals surface area contributed by atoms with Crippen LogP contribution in [0, 0.1) is 46.1 Å². The Hall–Kier alpha value is -4.99. The molecule has 0 bridgehead atoms. The zero-order chi connectivity index (χ0) is 32.2. The Morgan fingerprint density at radius 2 is 1.49 bits per heavy atom. The molecule has 0 aliphatic carbocycles. The minimum absolute atomic E-state index is 0.0315. The SMILES string of the molecule is CC(=O)Oc1ccc(/C=C/S(=O)(=O)Cc2c(F)c(F)c(F)c(F)c2F)cc1OC(=O)CC(=O)c1ccc([N+](=O)[O-])c(C)c1. The normalized spacial score (nSPS) is 11.4. The maximum absolute atomic E-state index is 13.9. The summed E-state index contributed by atoms with van der Waals surface area (Å²) in [5, 5.41) is 11.4. The molecule has 0 aromatic heterocycles. The third kappa shape index (κ3) is 7.85. The summed E-state index contributed by atoms with van der Waals surface area (Å²) in [4.78, 5) is 46.8. The molecule has 0 fully saturated rings. The van der Waals surface area contributed by atoms with Crippen LogP contribution in [-0.2, 0) is 25.2 Å². The second kappa shape index (κ2) is 12.9. The Morgan fingerprint density at radius 1 is 0.884 bits per heavy atom. The molecule has 16 heteroatoms. The molecule has 0 heterocycles. The number of carbonyl (C=O) groups is 3. The fourth-order valence-corrected chi connectivity index (χ4v) is 4.70. The van der Waals surface area contributed by atoms with Gasteiger partial charge in [-0.05, 0) is 42.8 Å². The van der Waals surface area contributed by atoms with Gasteiger partial charge in [0, 0.05) is 35.1 Å². The molecule has 10 nitrogen and oxygen atoms in total. The van der Waals surface area contributed by atoms with E-state index in [0.29, 0.717) is 5.41 Å². The first kappa shape index (κ1) is 32.5. The summed E-state index contributed by atoms with van der Waals surface area (Å²) in [5.41, 5.74) is -1.75. The van der Waals surface area contributed by atoms with Crippen LogP contribution in [0.2, 0.25) is 0 Å². The van der Waals surface area contributed by atoms with Crippen molar-refractivity contribution in [1.82, 2.24) is 0 Å². The second-order valence-corrected chi connectivity index (χ2v) is 10.7. The molecule has 0 unspecified atom stereocenters.